The summed E-state index contributed by atoms with van der Waals surface area (Å²) in [7, 11) is 0. The summed E-state index contributed by atoms with van der Waals surface area (Å²) < 4.78 is 48.3. The highest BCUT2D eigenvalue weighted by Gasteiger charge is 2.45. The molecule has 0 aromatic carbocycles. The van der Waals surface area contributed by atoms with Gasteiger partial charge in [-0.2, -0.15) is 13.9 Å². The topological polar surface area (TPSA) is 54.7 Å². The Balaban J connectivity index is 3.05. The number of nitrogen functional groups attached to an aromatic ring is 1. The fourth-order valence-corrected chi connectivity index (χ4v) is 0.672. The first-order valence-corrected chi connectivity index (χ1v) is 2.91. The number of halogens is 4. The predicted octanol–water partition coefficient (Wildman–Crippen LogP) is 1.35. The summed E-state index contributed by atoms with van der Waals surface area (Å²) in [4.78, 5) is 0. The number of hydrogen-bond acceptors (Lipinski definition) is 2. The maximum Gasteiger partial charge on any atom is 0.350 e. The number of alkyl halides is 4. The smallest absolute Gasteiger partial charge is 0.350 e. The lowest BCUT2D eigenvalue weighted by atomic mass is 10.2. The van der Waals surface area contributed by atoms with E-state index in [1.165, 1.54) is 0 Å². The van der Waals surface area contributed by atoms with Gasteiger partial charge in [0.05, 0.1) is 11.9 Å². The molecule has 0 aliphatic heterocycles. The second kappa shape index (κ2) is 2.65. The maximum absolute atomic E-state index is 12.5. The quantitative estimate of drug-likeness (QED) is 0.680. The van der Waals surface area contributed by atoms with Gasteiger partial charge >= 0.3 is 12.3 Å². The van der Waals surface area contributed by atoms with E-state index in [2.05, 4.69) is 5.10 Å². The van der Waals surface area contributed by atoms with Crippen LogP contribution < -0.4 is 5.73 Å². The normalized spacial score (nSPS) is 12.4. The van der Waals surface area contributed by atoms with Crippen molar-refractivity contribution in [3.63, 3.8) is 0 Å². The Morgan fingerprint density at radius 3 is 2.42 bits per heavy atom. The highest BCUT2D eigenvalue weighted by atomic mass is 19.3. The molecule has 0 aliphatic rings. The van der Waals surface area contributed by atoms with Crippen LogP contribution in [0.4, 0.5) is 23.2 Å². The number of nitrogens with zero attached hydrogens (tertiary/aromatic N) is 1. The molecule has 0 bridgehead atoms. The Morgan fingerprint density at radius 1 is 1.50 bits per heavy atom. The van der Waals surface area contributed by atoms with Crippen LogP contribution in [0.1, 0.15) is 5.69 Å². The van der Waals surface area contributed by atoms with E-state index in [-0.39, 0.29) is 0 Å². The van der Waals surface area contributed by atoms with Gasteiger partial charge in [-0.15, -0.1) is 0 Å². The fraction of sp³-hybridized carbons (Fsp3) is 0.400. The molecular formula is C5H5F4N3. The zero-order valence-electron chi connectivity index (χ0n) is 5.69. The Labute approximate surface area is 64.6 Å². The molecule has 1 rings (SSSR count). The molecule has 0 saturated carbocycles. The van der Waals surface area contributed by atoms with Crippen molar-refractivity contribution < 1.29 is 17.6 Å². The summed E-state index contributed by atoms with van der Waals surface area (Å²) in [5.41, 5.74) is 3.44. The maximum atomic E-state index is 12.5. The van der Waals surface area contributed by atoms with Crippen molar-refractivity contribution in [1.29, 1.82) is 0 Å². The Bertz CT molecular complexity index is 269. The van der Waals surface area contributed by atoms with Crippen molar-refractivity contribution in [1.82, 2.24) is 10.2 Å². The van der Waals surface area contributed by atoms with Crippen molar-refractivity contribution >= 4 is 5.69 Å². The minimum atomic E-state index is -4.26. The molecule has 0 aliphatic carbocycles. The Hall–Kier alpha value is -1.27. The van der Waals surface area contributed by atoms with E-state index < -0.39 is 23.7 Å². The summed E-state index contributed by atoms with van der Waals surface area (Å²) >= 11 is 0. The molecule has 0 fully saturated rings. The van der Waals surface area contributed by atoms with Crippen molar-refractivity contribution in [3.8, 4) is 0 Å². The first-order chi connectivity index (χ1) is 5.46. The summed E-state index contributed by atoms with van der Waals surface area (Å²) in [5.74, 6) is -4.26. The molecule has 3 nitrogen and oxygen atoms in total. The van der Waals surface area contributed by atoms with E-state index in [0.29, 0.717) is 0 Å². The van der Waals surface area contributed by atoms with E-state index in [9.17, 15) is 17.6 Å². The summed E-state index contributed by atoms with van der Waals surface area (Å²) in [6, 6.07) is 0. The van der Waals surface area contributed by atoms with E-state index in [1.54, 1.807) is 5.10 Å². The van der Waals surface area contributed by atoms with Crippen molar-refractivity contribution in [2.24, 2.45) is 0 Å². The van der Waals surface area contributed by atoms with Gasteiger partial charge in [0.1, 0.15) is 5.69 Å². The number of H-pyrrole nitrogens is 1. The number of rotatable bonds is 2. The third-order valence-electron chi connectivity index (χ3n) is 1.28. The molecule has 0 amide bonds. The van der Waals surface area contributed by atoms with Gasteiger partial charge in [-0.3, -0.25) is 5.10 Å². The molecule has 68 valence electrons. The molecule has 1 aromatic rings. The minimum Gasteiger partial charge on any atom is -0.396 e. The van der Waals surface area contributed by atoms with Crippen molar-refractivity contribution in [2.75, 3.05) is 5.73 Å². The molecule has 3 N–H and O–H groups in total. The van der Waals surface area contributed by atoms with Crippen molar-refractivity contribution in [3.05, 3.63) is 11.9 Å². The second-order valence-electron chi connectivity index (χ2n) is 2.12. The average molecular weight is 183 g/mol. The van der Waals surface area contributed by atoms with Gasteiger partial charge in [-0.05, 0) is 0 Å². The predicted molar refractivity (Wildman–Crippen MR) is 32.9 cm³/mol. The van der Waals surface area contributed by atoms with Crippen LogP contribution in [0.25, 0.3) is 0 Å². The molecule has 1 aromatic heterocycles. The summed E-state index contributed by atoms with van der Waals surface area (Å²) in [5, 5.41) is 4.83. The number of anilines is 1. The van der Waals surface area contributed by atoms with Gasteiger partial charge in [0, 0.05) is 0 Å². The third kappa shape index (κ3) is 1.21. The highest BCUT2D eigenvalue weighted by molar-refractivity contribution is 5.42. The minimum absolute atomic E-state index is 0.472. The zero-order chi connectivity index (χ0) is 9.35. The molecule has 12 heavy (non-hydrogen) atoms. The number of aromatic amines is 1. The Morgan fingerprint density at radius 2 is 2.08 bits per heavy atom. The molecule has 7 heteroatoms. The average Bonchev–Trinajstić information content (AvgIpc) is 2.35. The van der Waals surface area contributed by atoms with Crippen LogP contribution in [0.5, 0.6) is 0 Å². The SMILES string of the molecule is Nc1cn[nH]c1C(F)(F)C(F)F. The molecule has 1 heterocycles. The van der Waals surface area contributed by atoms with Crippen LogP contribution in [0.2, 0.25) is 0 Å². The lowest BCUT2D eigenvalue weighted by Gasteiger charge is -2.13. The molecular weight excluding hydrogens is 178 g/mol. The van der Waals surface area contributed by atoms with Crippen LogP contribution in [0.15, 0.2) is 6.20 Å². The van der Waals surface area contributed by atoms with Gasteiger partial charge in [0.15, 0.2) is 0 Å². The molecule has 0 radical (unpaired) electrons. The Kier molecular flexibility index (Phi) is 1.95. The monoisotopic (exact) mass is 183 g/mol. The summed E-state index contributed by atoms with van der Waals surface area (Å²) in [6.07, 6.45) is -2.94. The number of nitrogens with one attached hydrogen (secondary N) is 1. The molecule has 0 saturated heterocycles. The van der Waals surface area contributed by atoms with E-state index in [1.807, 2.05) is 0 Å². The number of nitrogens with two attached hydrogens (primary N) is 1. The van der Waals surface area contributed by atoms with Gasteiger partial charge in [-0.1, -0.05) is 0 Å². The molecule has 0 unspecified atom stereocenters. The molecule has 0 atom stereocenters. The number of aromatic nitrogens is 2. The third-order valence-corrected chi connectivity index (χ3v) is 1.28. The van der Waals surface area contributed by atoms with Crippen LogP contribution >= 0.6 is 0 Å². The van der Waals surface area contributed by atoms with Crippen LogP contribution in [-0.2, 0) is 5.92 Å². The lowest BCUT2D eigenvalue weighted by molar-refractivity contribution is -0.137. The van der Waals surface area contributed by atoms with Gasteiger partial charge < -0.3 is 5.73 Å². The van der Waals surface area contributed by atoms with Gasteiger partial charge in [0.2, 0.25) is 0 Å². The second-order valence-corrected chi connectivity index (χ2v) is 2.12. The number of hydrogen-bond donors (Lipinski definition) is 2. The fourth-order valence-electron chi connectivity index (χ4n) is 0.672. The highest BCUT2D eigenvalue weighted by Crippen LogP contribution is 2.35. The standard InChI is InChI=1S/C5H5F4N3/c6-4(7)5(8,9)3-2(10)1-11-12-3/h1,4H,10H2,(H,11,12). The lowest BCUT2D eigenvalue weighted by Crippen LogP contribution is -2.25. The van der Waals surface area contributed by atoms with Crippen LogP contribution in [-0.4, -0.2) is 16.6 Å². The van der Waals surface area contributed by atoms with Gasteiger partial charge in [0.25, 0.3) is 0 Å². The van der Waals surface area contributed by atoms with E-state index in [4.69, 9.17) is 5.73 Å². The zero-order valence-corrected chi connectivity index (χ0v) is 5.69. The first-order valence-electron chi connectivity index (χ1n) is 2.91. The molecule has 0 spiro atoms. The van der Waals surface area contributed by atoms with Crippen molar-refractivity contribution in [2.45, 2.75) is 12.3 Å². The van der Waals surface area contributed by atoms with Gasteiger partial charge in [-0.25, -0.2) is 8.78 Å². The van der Waals surface area contributed by atoms with E-state index >= 15 is 0 Å². The van der Waals surface area contributed by atoms with Crippen LogP contribution in [0, 0.1) is 0 Å². The van der Waals surface area contributed by atoms with E-state index in [0.717, 1.165) is 6.20 Å². The largest absolute Gasteiger partial charge is 0.396 e. The van der Waals surface area contributed by atoms with Crippen LogP contribution in [0.3, 0.4) is 0 Å². The first kappa shape index (κ1) is 8.82. The summed E-state index contributed by atoms with van der Waals surface area (Å²) in [6.45, 7) is 0.